The number of nitrogens with zero attached hydrogens (tertiary/aromatic N) is 5. The molecule has 1 atom stereocenters. The Morgan fingerprint density at radius 1 is 0.944 bits per heavy atom. The van der Waals surface area contributed by atoms with Crippen LogP contribution in [0.5, 0.6) is 0 Å². The first kappa shape index (κ1) is 38.5. The van der Waals surface area contributed by atoms with Crippen molar-refractivity contribution in [2.45, 2.75) is 56.9 Å². The molecule has 16 heteroatoms. The van der Waals surface area contributed by atoms with E-state index in [0.29, 0.717) is 35.8 Å². The number of amides is 2. The Balaban J connectivity index is 1.03. The van der Waals surface area contributed by atoms with E-state index < -0.39 is 27.6 Å². The van der Waals surface area contributed by atoms with E-state index in [1.54, 1.807) is 24.3 Å². The molecule has 1 aromatic heterocycles. The van der Waals surface area contributed by atoms with Crippen LogP contribution in [0.2, 0.25) is 0 Å². The number of carbonyl (C=O) groups is 2. The molecule has 0 radical (unpaired) electrons. The van der Waals surface area contributed by atoms with Crippen molar-refractivity contribution in [3.63, 3.8) is 0 Å². The molecule has 0 saturated carbocycles. The lowest BCUT2D eigenvalue weighted by Crippen LogP contribution is -2.43. The van der Waals surface area contributed by atoms with Crippen LogP contribution in [0.4, 0.5) is 42.0 Å². The maximum absolute atomic E-state index is 13.9. The Morgan fingerprint density at radius 2 is 1.65 bits per heavy atom. The molecule has 6 rings (SSSR count). The summed E-state index contributed by atoms with van der Waals surface area (Å²) in [4.78, 5) is 36.5. The largest absolute Gasteiger partial charge is 0.421 e. The third-order valence-corrected chi connectivity index (χ3v) is 11.2. The quantitative estimate of drug-likeness (QED) is 0.150. The van der Waals surface area contributed by atoms with E-state index >= 15 is 0 Å². The predicted octanol–water partition coefficient (Wildman–Crippen LogP) is 5.87. The van der Waals surface area contributed by atoms with Crippen LogP contribution in [0.15, 0.2) is 79.0 Å². The maximum Gasteiger partial charge on any atom is 0.421 e. The summed E-state index contributed by atoms with van der Waals surface area (Å²) >= 11 is 0. The van der Waals surface area contributed by atoms with Gasteiger partial charge in [0.05, 0.1) is 17.9 Å². The molecule has 2 saturated heterocycles. The van der Waals surface area contributed by atoms with Crippen LogP contribution in [0, 0.1) is 0 Å². The Morgan fingerprint density at radius 3 is 2.30 bits per heavy atom. The van der Waals surface area contributed by atoms with Crippen LogP contribution < -0.4 is 25.2 Å². The SMILES string of the molecule is CN(Cc1ccc(C2CCC(=O)NC2=O)cc1)C1CCN(c2ccc(Nc3ncc(C(F)(F)F)c(NCc4cccc(N(C)S(C)(=O)=O)c4)n3)cc2)CC1. The highest BCUT2D eigenvalue weighted by molar-refractivity contribution is 7.92. The lowest BCUT2D eigenvalue weighted by Gasteiger charge is -2.38. The molecule has 3 aromatic carbocycles. The number of piperidine rings is 2. The molecule has 1 unspecified atom stereocenters. The molecule has 0 aliphatic carbocycles. The fraction of sp³-hybridized carbons (Fsp3) is 0.368. The number of alkyl halides is 3. The van der Waals surface area contributed by atoms with E-state index in [1.165, 1.54) is 7.05 Å². The lowest BCUT2D eigenvalue weighted by molar-refractivity contribution is -0.137. The van der Waals surface area contributed by atoms with Crippen LogP contribution in [-0.2, 0) is 38.9 Å². The molecule has 2 amide bonds. The second kappa shape index (κ2) is 16.0. The molecule has 54 heavy (non-hydrogen) atoms. The average molecular weight is 765 g/mol. The van der Waals surface area contributed by atoms with Gasteiger partial charge in [-0.1, -0.05) is 36.4 Å². The van der Waals surface area contributed by atoms with Gasteiger partial charge in [-0.3, -0.25) is 24.1 Å². The number of imide groups is 1. The number of aromatic nitrogens is 2. The zero-order valence-corrected chi connectivity index (χ0v) is 31.0. The van der Waals surface area contributed by atoms with Crippen LogP contribution >= 0.6 is 0 Å². The third kappa shape index (κ3) is 9.46. The Hall–Kier alpha value is -5.22. The van der Waals surface area contributed by atoms with Gasteiger partial charge in [-0.2, -0.15) is 18.2 Å². The fourth-order valence-electron chi connectivity index (χ4n) is 6.76. The van der Waals surface area contributed by atoms with Crippen LogP contribution in [0.1, 0.15) is 53.9 Å². The van der Waals surface area contributed by atoms with E-state index in [-0.39, 0.29) is 30.2 Å². The van der Waals surface area contributed by atoms with Crippen molar-refractivity contribution in [2.24, 2.45) is 0 Å². The first-order valence-corrected chi connectivity index (χ1v) is 19.4. The first-order chi connectivity index (χ1) is 25.6. The summed E-state index contributed by atoms with van der Waals surface area (Å²) in [5.41, 5.74) is 3.64. The summed E-state index contributed by atoms with van der Waals surface area (Å²) in [5, 5.41) is 8.17. The number of nitrogens with one attached hydrogen (secondary N) is 3. The van der Waals surface area contributed by atoms with Crippen LogP contribution in [-0.4, -0.2) is 74.6 Å². The van der Waals surface area contributed by atoms with Gasteiger partial charge in [0, 0.05) is 63.3 Å². The van der Waals surface area contributed by atoms with Crippen LogP contribution in [0.3, 0.4) is 0 Å². The van der Waals surface area contributed by atoms with E-state index in [9.17, 15) is 31.2 Å². The van der Waals surface area contributed by atoms with Gasteiger partial charge in [-0.15, -0.1) is 0 Å². The Labute approximate surface area is 312 Å². The number of rotatable bonds is 12. The summed E-state index contributed by atoms with van der Waals surface area (Å²) in [6.07, 6.45) is -0.0728. The van der Waals surface area contributed by atoms with Gasteiger partial charge in [-0.25, -0.2) is 13.4 Å². The number of hydrogen-bond donors (Lipinski definition) is 3. The highest BCUT2D eigenvalue weighted by Crippen LogP contribution is 2.35. The molecule has 3 N–H and O–H groups in total. The fourth-order valence-corrected chi connectivity index (χ4v) is 7.25. The van der Waals surface area contributed by atoms with E-state index in [2.05, 4.69) is 54.9 Å². The second-order valence-electron chi connectivity index (χ2n) is 13.8. The number of halogens is 3. The van der Waals surface area contributed by atoms with Crippen molar-refractivity contribution in [1.29, 1.82) is 0 Å². The molecule has 2 aliphatic heterocycles. The van der Waals surface area contributed by atoms with Crippen molar-refractivity contribution >= 4 is 50.7 Å². The van der Waals surface area contributed by atoms with Crippen molar-refractivity contribution in [2.75, 3.05) is 53.3 Å². The van der Waals surface area contributed by atoms with Gasteiger partial charge in [0.1, 0.15) is 11.4 Å². The van der Waals surface area contributed by atoms with E-state index in [1.807, 2.05) is 36.4 Å². The molecule has 2 fully saturated rings. The molecule has 12 nitrogen and oxygen atoms in total. The molecule has 2 aliphatic rings. The van der Waals surface area contributed by atoms with Gasteiger partial charge >= 0.3 is 6.18 Å². The normalized spacial score (nSPS) is 17.0. The Kier molecular flexibility index (Phi) is 11.4. The van der Waals surface area contributed by atoms with Crippen molar-refractivity contribution in [1.82, 2.24) is 20.2 Å². The number of hydrogen-bond acceptors (Lipinski definition) is 10. The lowest BCUT2D eigenvalue weighted by atomic mass is 9.90. The zero-order chi connectivity index (χ0) is 38.6. The minimum absolute atomic E-state index is 0.0155. The Bertz CT molecular complexity index is 2070. The van der Waals surface area contributed by atoms with E-state index in [4.69, 9.17) is 0 Å². The van der Waals surface area contributed by atoms with E-state index in [0.717, 1.165) is 66.0 Å². The molecule has 0 spiro atoms. The van der Waals surface area contributed by atoms with Crippen molar-refractivity contribution < 1.29 is 31.2 Å². The molecular formula is C38H43F3N8O4S. The van der Waals surface area contributed by atoms with Crippen LogP contribution in [0.25, 0.3) is 0 Å². The minimum atomic E-state index is -4.70. The van der Waals surface area contributed by atoms with Gasteiger partial charge in [0.25, 0.3) is 0 Å². The van der Waals surface area contributed by atoms with Gasteiger partial charge < -0.3 is 15.5 Å². The number of carbonyl (C=O) groups excluding carboxylic acids is 2. The summed E-state index contributed by atoms with van der Waals surface area (Å²) in [5.74, 6) is -1.17. The summed E-state index contributed by atoms with van der Waals surface area (Å²) in [6, 6.07) is 22.5. The monoisotopic (exact) mass is 764 g/mol. The van der Waals surface area contributed by atoms with Gasteiger partial charge in [-0.05, 0) is 79.4 Å². The maximum atomic E-state index is 13.9. The number of anilines is 5. The predicted molar refractivity (Wildman–Crippen MR) is 202 cm³/mol. The standard InChI is InChI=1S/C38H43F3N8O4S/c1-47(24-25-7-9-27(10-8-25)32-15-16-34(50)45-36(32)51)29-17-19-49(20-18-29)30-13-11-28(12-14-30)44-37-43-23-33(38(39,40)41)35(46-37)42-22-26-5-4-6-31(21-26)48(2)54(3,52)53/h4-14,21,23,29,32H,15-20,22,24H2,1-3H3,(H,45,50,51)(H2,42,43,44,46). The number of sulfonamides is 1. The molecule has 4 aromatic rings. The third-order valence-electron chi connectivity index (χ3n) is 9.96. The zero-order valence-electron chi connectivity index (χ0n) is 30.2. The van der Waals surface area contributed by atoms with Crippen molar-refractivity contribution in [3.05, 3.63) is 101 Å². The van der Waals surface area contributed by atoms with Gasteiger partial charge in [0.2, 0.25) is 27.8 Å². The molecule has 0 bridgehead atoms. The smallest absolute Gasteiger partial charge is 0.371 e. The van der Waals surface area contributed by atoms with Crippen molar-refractivity contribution in [3.8, 4) is 0 Å². The second-order valence-corrected chi connectivity index (χ2v) is 15.8. The molecule has 286 valence electrons. The highest BCUT2D eigenvalue weighted by atomic mass is 32.2. The topological polar surface area (TPSA) is 140 Å². The minimum Gasteiger partial charge on any atom is -0.371 e. The highest BCUT2D eigenvalue weighted by Gasteiger charge is 2.35. The first-order valence-electron chi connectivity index (χ1n) is 17.6. The number of benzene rings is 3. The van der Waals surface area contributed by atoms with Gasteiger partial charge in [0.15, 0.2) is 0 Å². The summed E-state index contributed by atoms with van der Waals surface area (Å²) in [7, 11) is 0.00846. The summed E-state index contributed by atoms with van der Waals surface area (Å²) in [6.45, 7) is 2.47. The average Bonchev–Trinajstić information content (AvgIpc) is 3.14. The molecule has 3 heterocycles. The molecular weight excluding hydrogens is 722 g/mol. The summed E-state index contributed by atoms with van der Waals surface area (Å²) < 4.78 is 66.6.